The van der Waals surface area contributed by atoms with Crippen LogP contribution >= 0.6 is 11.3 Å². The Kier molecular flexibility index (Phi) is 5.32. The average molecular weight is 382 g/mol. The summed E-state index contributed by atoms with van der Waals surface area (Å²) in [6.07, 6.45) is 4.69. The fourth-order valence-electron chi connectivity index (χ4n) is 4.22. The number of nitrogens with two attached hydrogens (primary N) is 1. The lowest BCUT2D eigenvalue weighted by Gasteiger charge is -2.30. The van der Waals surface area contributed by atoms with E-state index in [0.717, 1.165) is 37.2 Å². The van der Waals surface area contributed by atoms with Crippen LogP contribution in [0.15, 0.2) is 36.4 Å². The first-order valence-electron chi connectivity index (χ1n) is 9.63. The molecule has 4 rings (SSSR count). The van der Waals surface area contributed by atoms with E-state index in [0.29, 0.717) is 11.0 Å². The molecule has 4 nitrogen and oxygen atoms in total. The van der Waals surface area contributed by atoms with Crippen molar-refractivity contribution in [3.63, 3.8) is 0 Å². The van der Waals surface area contributed by atoms with Crippen LogP contribution in [-0.2, 0) is 12.8 Å². The molecule has 0 saturated carbocycles. The summed E-state index contributed by atoms with van der Waals surface area (Å²) in [5.74, 6) is 1.65. The van der Waals surface area contributed by atoms with Gasteiger partial charge in [0, 0.05) is 13.1 Å². The molecule has 1 aliphatic rings. The number of nitrogen functional groups attached to an aromatic ring is 1. The van der Waals surface area contributed by atoms with Crippen molar-refractivity contribution < 1.29 is 4.74 Å². The molecule has 0 spiro atoms. The van der Waals surface area contributed by atoms with Gasteiger partial charge in [-0.05, 0) is 73.5 Å². The van der Waals surface area contributed by atoms with Gasteiger partial charge in [-0.15, -0.1) is 0 Å². The maximum absolute atomic E-state index is 5.82. The second kappa shape index (κ2) is 7.87. The van der Waals surface area contributed by atoms with Crippen molar-refractivity contribution in [2.45, 2.75) is 31.6 Å². The van der Waals surface area contributed by atoms with E-state index in [9.17, 15) is 0 Å². The number of likely N-dealkylation sites (N-methyl/N-ethyl adjacent to an activating group) is 1. The van der Waals surface area contributed by atoms with E-state index >= 15 is 0 Å². The number of hydrogen-bond acceptors (Lipinski definition) is 5. The molecule has 1 aliphatic carbocycles. The lowest BCUT2D eigenvalue weighted by Crippen LogP contribution is -2.28. The number of hydrogen-bond donors (Lipinski definition) is 1. The number of anilines is 1. The highest BCUT2D eigenvalue weighted by Crippen LogP contribution is 2.37. The molecule has 1 atom stereocenters. The SMILES string of the molecule is COc1cccc2c1CCC[C@H]2CN(C)CCc1ccc2nc(N)sc2c1. The Labute approximate surface area is 165 Å². The smallest absolute Gasteiger partial charge is 0.181 e. The third-order valence-electron chi connectivity index (χ3n) is 5.59. The molecule has 0 amide bonds. The molecule has 0 aliphatic heterocycles. The zero-order valence-electron chi connectivity index (χ0n) is 16.1. The Balaban J connectivity index is 1.40. The van der Waals surface area contributed by atoms with Gasteiger partial charge < -0.3 is 15.4 Å². The summed E-state index contributed by atoms with van der Waals surface area (Å²) in [7, 11) is 4.01. The summed E-state index contributed by atoms with van der Waals surface area (Å²) in [6.45, 7) is 2.14. The molecule has 2 N–H and O–H groups in total. The Hall–Kier alpha value is -2.11. The van der Waals surface area contributed by atoms with Crippen molar-refractivity contribution in [3.05, 3.63) is 53.1 Å². The lowest BCUT2D eigenvalue weighted by atomic mass is 9.82. The molecule has 2 aromatic carbocycles. The molecular formula is C22H27N3OS. The monoisotopic (exact) mass is 381 g/mol. The van der Waals surface area contributed by atoms with Gasteiger partial charge in [-0.2, -0.15) is 0 Å². The van der Waals surface area contributed by atoms with E-state index in [1.54, 1.807) is 18.4 Å². The summed E-state index contributed by atoms with van der Waals surface area (Å²) in [5.41, 5.74) is 11.1. The van der Waals surface area contributed by atoms with E-state index in [-0.39, 0.29) is 0 Å². The number of thiazole rings is 1. The predicted octanol–water partition coefficient (Wildman–Crippen LogP) is 4.48. The van der Waals surface area contributed by atoms with E-state index in [4.69, 9.17) is 10.5 Å². The van der Waals surface area contributed by atoms with Gasteiger partial charge >= 0.3 is 0 Å². The second-order valence-corrected chi connectivity index (χ2v) is 8.55. The number of ether oxygens (including phenoxy) is 1. The second-order valence-electron chi connectivity index (χ2n) is 7.48. The van der Waals surface area contributed by atoms with Gasteiger partial charge in [0.15, 0.2) is 5.13 Å². The van der Waals surface area contributed by atoms with Crippen LogP contribution in [0.2, 0.25) is 0 Å². The summed E-state index contributed by atoms with van der Waals surface area (Å²) in [4.78, 5) is 6.80. The fraction of sp³-hybridized carbons (Fsp3) is 0.409. The highest BCUT2D eigenvalue weighted by molar-refractivity contribution is 7.22. The van der Waals surface area contributed by atoms with Crippen LogP contribution in [0, 0.1) is 0 Å². The molecule has 1 heterocycles. The van der Waals surface area contributed by atoms with E-state index in [1.807, 2.05) is 0 Å². The van der Waals surface area contributed by atoms with Crippen LogP contribution in [0.1, 0.15) is 35.4 Å². The third kappa shape index (κ3) is 3.94. The van der Waals surface area contributed by atoms with Crippen LogP contribution in [0.4, 0.5) is 5.13 Å². The molecule has 27 heavy (non-hydrogen) atoms. The molecule has 5 heteroatoms. The van der Waals surface area contributed by atoms with Gasteiger partial charge in [-0.25, -0.2) is 4.98 Å². The molecule has 0 unspecified atom stereocenters. The Morgan fingerprint density at radius 1 is 1.30 bits per heavy atom. The van der Waals surface area contributed by atoms with E-state index in [1.165, 1.54) is 34.2 Å². The van der Waals surface area contributed by atoms with Gasteiger partial charge in [0.05, 0.1) is 17.3 Å². The molecule has 0 saturated heterocycles. The van der Waals surface area contributed by atoms with Crippen LogP contribution in [0.25, 0.3) is 10.2 Å². The fourth-order valence-corrected chi connectivity index (χ4v) is 5.02. The first-order chi connectivity index (χ1) is 13.1. The minimum Gasteiger partial charge on any atom is -0.496 e. The number of methoxy groups -OCH3 is 1. The number of rotatable bonds is 6. The van der Waals surface area contributed by atoms with Gasteiger partial charge in [0.25, 0.3) is 0 Å². The third-order valence-corrected chi connectivity index (χ3v) is 6.44. The molecule has 0 fully saturated rings. The topological polar surface area (TPSA) is 51.4 Å². The van der Waals surface area contributed by atoms with Crippen molar-refractivity contribution in [2.75, 3.05) is 33.0 Å². The molecular weight excluding hydrogens is 354 g/mol. The van der Waals surface area contributed by atoms with Crippen molar-refractivity contribution in [1.29, 1.82) is 0 Å². The highest BCUT2D eigenvalue weighted by Gasteiger charge is 2.23. The van der Waals surface area contributed by atoms with Crippen molar-refractivity contribution >= 4 is 26.7 Å². The zero-order chi connectivity index (χ0) is 18.8. The number of benzene rings is 2. The first kappa shape index (κ1) is 18.3. The molecule has 142 valence electrons. The largest absolute Gasteiger partial charge is 0.496 e. The predicted molar refractivity (Wildman–Crippen MR) is 114 cm³/mol. The van der Waals surface area contributed by atoms with Crippen LogP contribution < -0.4 is 10.5 Å². The van der Waals surface area contributed by atoms with Crippen molar-refractivity contribution in [1.82, 2.24) is 9.88 Å². The first-order valence-corrected chi connectivity index (χ1v) is 10.4. The standard InChI is InChI=1S/C22H27N3OS/c1-25(12-11-15-9-10-19-21(13-15)27-22(23)24-19)14-16-5-3-7-18-17(16)6-4-8-20(18)26-2/h4,6,8-10,13,16H,3,5,7,11-12,14H2,1-2H3,(H2,23,24)/t16-/m0/s1. The summed E-state index contributed by atoms with van der Waals surface area (Å²) < 4.78 is 6.76. The van der Waals surface area contributed by atoms with E-state index < -0.39 is 0 Å². The maximum atomic E-state index is 5.82. The Bertz CT molecular complexity index is 936. The van der Waals surface area contributed by atoms with Crippen LogP contribution in [0.3, 0.4) is 0 Å². The molecule has 0 radical (unpaired) electrons. The lowest BCUT2D eigenvalue weighted by molar-refractivity contribution is 0.299. The highest BCUT2D eigenvalue weighted by atomic mass is 32.1. The Morgan fingerprint density at radius 2 is 2.19 bits per heavy atom. The molecule has 3 aromatic rings. The quantitative estimate of drug-likeness (QED) is 0.684. The maximum Gasteiger partial charge on any atom is 0.181 e. The van der Waals surface area contributed by atoms with Gasteiger partial charge in [0.2, 0.25) is 0 Å². The van der Waals surface area contributed by atoms with E-state index in [2.05, 4.69) is 53.3 Å². The van der Waals surface area contributed by atoms with Crippen molar-refractivity contribution in [3.8, 4) is 5.75 Å². The zero-order valence-corrected chi connectivity index (χ0v) is 16.9. The van der Waals surface area contributed by atoms with Crippen molar-refractivity contribution in [2.24, 2.45) is 0 Å². The normalized spacial score (nSPS) is 16.6. The average Bonchev–Trinajstić information content (AvgIpc) is 3.05. The van der Waals surface area contributed by atoms with Crippen LogP contribution in [-0.4, -0.2) is 37.1 Å². The van der Waals surface area contributed by atoms with Crippen LogP contribution in [0.5, 0.6) is 5.75 Å². The minimum absolute atomic E-state index is 0.595. The molecule has 1 aromatic heterocycles. The number of aromatic nitrogens is 1. The van der Waals surface area contributed by atoms with Gasteiger partial charge in [-0.3, -0.25) is 0 Å². The van der Waals surface area contributed by atoms with Gasteiger partial charge in [0.1, 0.15) is 5.75 Å². The summed E-state index contributed by atoms with van der Waals surface area (Å²) in [6, 6.07) is 13.0. The van der Waals surface area contributed by atoms with Gasteiger partial charge in [-0.1, -0.05) is 29.5 Å². The Morgan fingerprint density at radius 3 is 3.04 bits per heavy atom. The summed E-state index contributed by atoms with van der Waals surface area (Å²) >= 11 is 1.57. The minimum atomic E-state index is 0.595. The summed E-state index contributed by atoms with van der Waals surface area (Å²) in [5, 5.41) is 0.644. The molecule has 0 bridgehead atoms. The number of fused-ring (bicyclic) bond motifs is 2. The number of nitrogens with zero attached hydrogens (tertiary/aromatic N) is 2.